The van der Waals surface area contributed by atoms with E-state index in [-0.39, 0.29) is 11.9 Å². The molecule has 1 amide bonds. The van der Waals surface area contributed by atoms with Gasteiger partial charge in [0, 0.05) is 16.4 Å². The molecule has 1 aliphatic rings. The van der Waals surface area contributed by atoms with Crippen LogP contribution in [0.2, 0.25) is 0 Å². The first kappa shape index (κ1) is 14.2. The van der Waals surface area contributed by atoms with E-state index in [9.17, 15) is 4.79 Å². The summed E-state index contributed by atoms with van der Waals surface area (Å²) in [6, 6.07) is 21.1. The molecule has 0 radical (unpaired) electrons. The van der Waals surface area contributed by atoms with E-state index in [1.165, 1.54) is 0 Å². The van der Waals surface area contributed by atoms with Crippen molar-refractivity contribution in [2.24, 2.45) is 0 Å². The zero-order valence-corrected chi connectivity index (χ0v) is 13.8. The van der Waals surface area contributed by atoms with Gasteiger partial charge < -0.3 is 0 Å². The molecule has 4 heteroatoms. The van der Waals surface area contributed by atoms with Crippen LogP contribution in [0.25, 0.3) is 0 Å². The monoisotopic (exact) mass is 364 g/mol. The summed E-state index contributed by atoms with van der Waals surface area (Å²) in [7, 11) is 0. The lowest BCUT2D eigenvalue weighted by Crippen LogP contribution is -2.28. The van der Waals surface area contributed by atoms with Crippen molar-refractivity contribution in [3.63, 3.8) is 0 Å². The molecular formula is C19H13BrN2O. The predicted molar refractivity (Wildman–Crippen MR) is 93.5 cm³/mol. The Morgan fingerprint density at radius 1 is 0.913 bits per heavy atom. The number of para-hydroxylation sites is 1. The molecule has 1 aromatic heterocycles. The highest BCUT2D eigenvalue weighted by Crippen LogP contribution is 2.42. The molecule has 4 rings (SSSR count). The van der Waals surface area contributed by atoms with Crippen molar-refractivity contribution in [3.05, 3.63) is 94.2 Å². The maximum Gasteiger partial charge on any atom is 0.261 e. The van der Waals surface area contributed by atoms with Crippen LogP contribution in [0.3, 0.4) is 0 Å². The molecule has 1 unspecified atom stereocenters. The minimum absolute atomic E-state index is 0.0138. The average Bonchev–Trinajstić information content (AvgIpc) is 2.89. The summed E-state index contributed by atoms with van der Waals surface area (Å²) < 4.78 is 0.970. The molecule has 0 saturated carbocycles. The smallest absolute Gasteiger partial charge is 0.261 e. The fraction of sp³-hybridized carbons (Fsp3) is 0.0526. The lowest BCUT2D eigenvalue weighted by molar-refractivity contribution is 0.0993. The largest absolute Gasteiger partial charge is 0.295 e. The average molecular weight is 365 g/mol. The molecule has 0 bridgehead atoms. The molecular weight excluding hydrogens is 352 g/mol. The van der Waals surface area contributed by atoms with Gasteiger partial charge >= 0.3 is 0 Å². The number of hydrogen-bond donors (Lipinski definition) is 0. The van der Waals surface area contributed by atoms with Gasteiger partial charge in [-0.05, 0) is 35.9 Å². The van der Waals surface area contributed by atoms with Gasteiger partial charge in [-0.2, -0.15) is 0 Å². The third-order valence-electron chi connectivity index (χ3n) is 4.04. The Kier molecular flexibility index (Phi) is 3.46. The summed E-state index contributed by atoms with van der Waals surface area (Å²) >= 11 is 3.61. The standard InChI is InChI=1S/C19H13BrN2O/c20-16-11-5-4-9-14(16)18-17-15(10-6-12-21-17)19(23)22(18)13-7-2-1-3-8-13/h1-12,18H. The molecule has 112 valence electrons. The minimum Gasteiger partial charge on any atom is -0.295 e. The second kappa shape index (κ2) is 5.63. The van der Waals surface area contributed by atoms with Crippen LogP contribution in [-0.4, -0.2) is 10.9 Å². The first-order valence-electron chi connectivity index (χ1n) is 7.35. The van der Waals surface area contributed by atoms with E-state index in [1.807, 2.05) is 71.6 Å². The molecule has 2 aromatic carbocycles. The number of hydrogen-bond acceptors (Lipinski definition) is 2. The predicted octanol–water partition coefficient (Wildman–Crippen LogP) is 4.59. The van der Waals surface area contributed by atoms with Crippen molar-refractivity contribution in [1.29, 1.82) is 0 Å². The van der Waals surface area contributed by atoms with E-state index in [4.69, 9.17) is 0 Å². The van der Waals surface area contributed by atoms with Crippen molar-refractivity contribution in [2.75, 3.05) is 4.90 Å². The topological polar surface area (TPSA) is 33.2 Å². The van der Waals surface area contributed by atoms with Gasteiger partial charge in [-0.1, -0.05) is 52.3 Å². The second-order valence-electron chi connectivity index (χ2n) is 5.37. The third kappa shape index (κ3) is 2.26. The molecule has 0 spiro atoms. The highest BCUT2D eigenvalue weighted by molar-refractivity contribution is 9.10. The van der Waals surface area contributed by atoms with Crippen LogP contribution in [-0.2, 0) is 0 Å². The molecule has 3 nitrogen and oxygen atoms in total. The van der Waals surface area contributed by atoms with Gasteiger partial charge in [0.05, 0.1) is 11.3 Å². The summed E-state index contributed by atoms with van der Waals surface area (Å²) in [6.07, 6.45) is 1.74. The van der Waals surface area contributed by atoms with Crippen LogP contribution in [0, 0.1) is 0 Å². The van der Waals surface area contributed by atoms with E-state index in [0.717, 1.165) is 21.4 Å². The van der Waals surface area contributed by atoms with Crippen molar-refractivity contribution in [2.45, 2.75) is 6.04 Å². The van der Waals surface area contributed by atoms with Gasteiger partial charge in [-0.3, -0.25) is 14.7 Å². The number of fused-ring (bicyclic) bond motifs is 1. The van der Waals surface area contributed by atoms with E-state index in [2.05, 4.69) is 20.9 Å². The molecule has 1 atom stereocenters. The van der Waals surface area contributed by atoms with Crippen molar-refractivity contribution >= 4 is 27.5 Å². The highest BCUT2D eigenvalue weighted by atomic mass is 79.9. The number of halogens is 1. The Bertz CT molecular complexity index is 879. The Hall–Kier alpha value is -2.46. The van der Waals surface area contributed by atoms with E-state index < -0.39 is 0 Å². The molecule has 0 saturated heterocycles. The Labute approximate surface area is 142 Å². The van der Waals surface area contributed by atoms with E-state index in [1.54, 1.807) is 6.20 Å². The summed E-state index contributed by atoms with van der Waals surface area (Å²) in [5.74, 6) is -0.0138. The third-order valence-corrected chi connectivity index (χ3v) is 4.76. The first-order valence-corrected chi connectivity index (χ1v) is 8.14. The molecule has 0 fully saturated rings. The summed E-state index contributed by atoms with van der Waals surface area (Å²) in [5.41, 5.74) is 3.36. The number of nitrogens with zero attached hydrogens (tertiary/aromatic N) is 2. The number of carbonyl (C=O) groups is 1. The number of rotatable bonds is 2. The van der Waals surface area contributed by atoms with Gasteiger partial charge in [0.2, 0.25) is 0 Å². The number of carbonyl (C=O) groups excluding carboxylic acids is 1. The maximum atomic E-state index is 13.0. The summed E-state index contributed by atoms with van der Waals surface area (Å²) in [6.45, 7) is 0. The van der Waals surface area contributed by atoms with Crippen LogP contribution >= 0.6 is 15.9 Å². The van der Waals surface area contributed by atoms with Gasteiger partial charge in [-0.15, -0.1) is 0 Å². The lowest BCUT2D eigenvalue weighted by atomic mass is 10.0. The Balaban J connectivity index is 1.95. The molecule has 0 aliphatic carbocycles. The molecule has 3 aromatic rings. The van der Waals surface area contributed by atoms with Gasteiger partial charge in [-0.25, -0.2) is 0 Å². The Morgan fingerprint density at radius 3 is 2.43 bits per heavy atom. The molecule has 23 heavy (non-hydrogen) atoms. The van der Waals surface area contributed by atoms with Crippen LogP contribution in [0.15, 0.2) is 77.4 Å². The van der Waals surface area contributed by atoms with Crippen LogP contribution in [0.4, 0.5) is 5.69 Å². The van der Waals surface area contributed by atoms with Crippen molar-refractivity contribution in [3.8, 4) is 0 Å². The quantitative estimate of drug-likeness (QED) is 0.665. The first-order chi connectivity index (χ1) is 11.3. The number of aromatic nitrogens is 1. The highest BCUT2D eigenvalue weighted by Gasteiger charge is 2.40. The SMILES string of the molecule is O=C1c2cccnc2C(c2ccccc2Br)N1c1ccccc1. The van der Waals surface area contributed by atoms with E-state index >= 15 is 0 Å². The lowest BCUT2D eigenvalue weighted by Gasteiger charge is -2.26. The zero-order chi connectivity index (χ0) is 15.8. The van der Waals surface area contributed by atoms with Gasteiger partial charge in [0.1, 0.15) is 6.04 Å². The molecule has 0 N–H and O–H groups in total. The Morgan fingerprint density at radius 2 is 1.65 bits per heavy atom. The van der Waals surface area contributed by atoms with Gasteiger partial charge in [0.25, 0.3) is 5.91 Å². The van der Waals surface area contributed by atoms with Crippen LogP contribution in [0.5, 0.6) is 0 Å². The van der Waals surface area contributed by atoms with E-state index in [0.29, 0.717) is 5.56 Å². The van der Waals surface area contributed by atoms with Crippen LogP contribution < -0.4 is 4.90 Å². The summed E-state index contributed by atoms with van der Waals surface area (Å²) in [5, 5.41) is 0. The van der Waals surface area contributed by atoms with Crippen LogP contribution in [0.1, 0.15) is 27.7 Å². The summed E-state index contributed by atoms with van der Waals surface area (Å²) in [4.78, 5) is 19.3. The minimum atomic E-state index is -0.225. The second-order valence-corrected chi connectivity index (χ2v) is 6.23. The molecule has 2 heterocycles. The molecule has 1 aliphatic heterocycles. The number of pyridine rings is 1. The fourth-order valence-corrected chi connectivity index (χ4v) is 3.53. The van der Waals surface area contributed by atoms with Gasteiger partial charge in [0.15, 0.2) is 0 Å². The zero-order valence-electron chi connectivity index (χ0n) is 12.2. The maximum absolute atomic E-state index is 13.0. The number of benzene rings is 2. The normalized spacial score (nSPS) is 16.5. The number of amides is 1. The van der Waals surface area contributed by atoms with Crippen molar-refractivity contribution < 1.29 is 4.79 Å². The fourth-order valence-electron chi connectivity index (χ4n) is 3.02. The van der Waals surface area contributed by atoms with Crippen molar-refractivity contribution in [1.82, 2.24) is 4.98 Å². The number of anilines is 1.